The molecule has 0 spiro atoms. The highest BCUT2D eigenvalue weighted by molar-refractivity contribution is 5.23. The highest BCUT2D eigenvalue weighted by atomic mass is 16.5. The van der Waals surface area contributed by atoms with Crippen LogP contribution in [0.1, 0.15) is 35.5 Å². The standard InChI is InChI=1S/C22H26N4O/c1-2-26-16-19(14-23-26)15-25-11-12-27-22(17-25)21-10-6-9-20(24-21)13-18-7-4-3-5-8-18/h3-10,14,16,22H,2,11-13,15,17H2,1H3/t22-/m1/s1. The van der Waals surface area contributed by atoms with Crippen molar-refractivity contribution >= 4 is 0 Å². The van der Waals surface area contributed by atoms with Gasteiger partial charge in [0.25, 0.3) is 0 Å². The minimum atomic E-state index is 0.0238. The van der Waals surface area contributed by atoms with E-state index in [4.69, 9.17) is 9.72 Å². The van der Waals surface area contributed by atoms with E-state index in [-0.39, 0.29) is 6.10 Å². The smallest absolute Gasteiger partial charge is 0.112 e. The van der Waals surface area contributed by atoms with Gasteiger partial charge in [0.15, 0.2) is 0 Å². The van der Waals surface area contributed by atoms with E-state index in [1.165, 1.54) is 11.1 Å². The Kier molecular flexibility index (Phi) is 5.61. The van der Waals surface area contributed by atoms with Crippen molar-refractivity contribution in [1.29, 1.82) is 0 Å². The highest BCUT2D eigenvalue weighted by Crippen LogP contribution is 2.22. The number of benzene rings is 1. The average Bonchev–Trinajstić information content (AvgIpc) is 3.17. The molecule has 4 rings (SSSR count). The fourth-order valence-electron chi connectivity index (χ4n) is 3.53. The first-order valence-electron chi connectivity index (χ1n) is 9.65. The lowest BCUT2D eigenvalue weighted by molar-refractivity contribution is -0.0350. The number of pyridine rings is 1. The van der Waals surface area contributed by atoms with Crippen LogP contribution in [0.5, 0.6) is 0 Å². The predicted octanol–water partition coefficient (Wildman–Crippen LogP) is 3.46. The van der Waals surface area contributed by atoms with Gasteiger partial charge in [0.2, 0.25) is 0 Å². The van der Waals surface area contributed by atoms with Gasteiger partial charge in [-0.2, -0.15) is 5.10 Å². The van der Waals surface area contributed by atoms with Crippen LogP contribution < -0.4 is 0 Å². The van der Waals surface area contributed by atoms with Crippen molar-refractivity contribution in [2.24, 2.45) is 0 Å². The number of aryl methyl sites for hydroxylation is 1. The van der Waals surface area contributed by atoms with Crippen molar-refractivity contribution in [1.82, 2.24) is 19.7 Å². The average molecular weight is 362 g/mol. The first kappa shape index (κ1) is 17.9. The minimum absolute atomic E-state index is 0.0238. The van der Waals surface area contributed by atoms with Crippen LogP contribution >= 0.6 is 0 Å². The Bertz CT molecular complexity index is 862. The molecule has 0 saturated carbocycles. The molecule has 2 aromatic heterocycles. The van der Waals surface area contributed by atoms with Gasteiger partial charge >= 0.3 is 0 Å². The van der Waals surface area contributed by atoms with E-state index in [0.29, 0.717) is 0 Å². The molecule has 140 valence electrons. The zero-order valence-corrected chi connectivity index (χ0v) is 15.8. The summed E-state index contributed by atoms with van der Waals surface area (Å²) in [5.74, 6) is 0. The van der Waals surface area contributed by atoms with Gasteiger partial charge in [-0.1, -0.05) is 36.4 Å². The molecule has 0 unspecified atom stereocenters. The van der Waals surface area contributed by atoms with E-state index < -0.39 is 0 Å². The predicted molar refractivity (Wildman–Crippen MR) is 105 cm³/mol. The van der Waals surface area contributed by atoms with Crippen LogP contribution in [0.25, 0.3) is 0 Å². The molecule has 0 bridgehead atoms. The zero-order chi connectivity index (χ0) is 18.5. The molecular weight excluding hydrogens is 336 g/mol. The molecule has 0 amide bonds. The first-order valence-corrected chi connectivity index (χ1v) is 9.65. The van der Waals surface area contributed by atoms with Crippen LogP contribution in [0.15, 0.2) is 60.9 Å². The fraction of sp³-hybridized carbons (Fsp3) is 0.364. The molecule has 27 heavy (non-hydrogen) atoms. The van der Waals surface area contributed by atoms with Crippen molar-refractivity contribution in [3.8, 4) is 0 Å². The molecule has 0 aliphatic carbocycles. The highest BCUT2D eigenvalue weighted by Gasteiger charge is 2.23. The molecule has 0 radical (unpaired) electrons. The Balaban J connectivity index is 1.42. The third kappa shape index (κ3) is 4.62. The largest absolute Gasteiger partial charge is 0.369 e. The van der Waals surface area contributed by atoms with Gasteiger partial charge in [-0.25, -0.2) is 0 Å². The van der Waals surface area contributed by atoms with Crippen molar-refractivity contribution < 1.29 is 4.74 Å². The van der Waals surface area contributed by atoms with Gasteiger partial charge in [0, 0.05) is 50.1 Å². The molecular formula is C22H26N4O. The summed E-state index contributed by atoms with van der Waals surface area (Å²) in [6.07, 6.45) is 4.97. The third-order valence-electron chi connectivity index (χ3n) is 4.95. The van der Waals surface area contributed by atoms with E-state index >= 15 is 0 Å². The Morgan fingerprint density at radius 1 is 1.07 bits per heavy atom. The molecule has 1 saturated heterocycles. The molecule has 3 aromatic rings. The van der Waals surface area contributed by atoms with Gasteiger partial charge in [0.05, 0.1) is 18.5 Å². The minimum Gasteiger partial charge on any atom is -0.369 e. The SMILES string of the molecule is CCn1cc(CN2CCO[C@@H](c3cccc(Cc4ccccc4)n3)C2)cn1. The maximum Gasteiger partial charge on any atom is 0.112 e. The molecule has 0 N–H and O–H groups in total. The monoisotopic (exact) mass is 362 g/mol. The Morgan fingerprint density at radius 3 is 2.78 bits per heavy atom. The van der Waals surface area contributed by atoms with Gasteiger partial charge in [0.1, 0.15) is 6.10 Å². The summed E-state index contributed by atoms with van der Waals surface area (Å²) >= 11 is 0. The maximum absolute atomic E-state index is 6.04. The number of rotatable bonds is 6. The number of aromatic nitrogens is 3. The van der Waals surface area contributed by atoms with Crippen LogP contribution in [0.2, 0.25) is 0 Å². The topological polar surface area (TPSA) is 43.2 Å². The van der Waals surface area contributed by atoms with Crippen molar-refractivity contribution in [2.75, 3.05) is 19.7 Å². The summed E-state index contributed by atoms with van der Waals surface area (Å²) in [5.41, 5.74) is 4.64. The first-order chi connectivity index (χ1) is 13.3. The summed E-state index contributed by atoms with van der Waals surface area (Å²) in [7, 11) is 0. The second-order valence-corrected chi connectivity index (χ2v) is 7.01. The van der Waals surface area contributed by atoms with E-state index in [0.717, 1.165) is 50.6 Å². The van der Waals surface area contributed by atoms with Crippen molar-refractivity contribution in [3.63, 3.8) is 0 Å². The maximum atomic E-state index is 6.04. The second kappa shape index (κ2) is 8.46. The molecule has 5 heteroatoms. The Labute approximate surface area is 160 Å². The van der Waals surface area contributed by atoms with Crippen LogP contribution in [0.4, 0.5) is 0 Å². The lowest BCUT2D eigenvalue weighted by Gasteiger charge is -2.32. The lowest BCUT2D eigenvalue weighted by atomic mass is 10.1. The summed E-state index contributed by atoms with van der Waals surface area (Å²) < 4.78 is 8.01. The van der Waals surface area contributed by atoms with Gasteiger partial charge < -0.3 is 4.74 Å². The molecule has 1 aliphatic heterocycles. The van der Waals surface area contributed by atoms with Gasteiger partial charge in [-0.15, -0.1) is 0 Å². The van der Waals surface area contributed by atoms with Crippen LogP contribution in [-0.2, 0) is 24.2 Å². The number of nitrogens with zero attached hydrogens (tertiary/aromatic N) is 4. The number of hydrogen-bond acceptors (Lipinski definition) is 4. The van der Waals surface area contributed by atoms with E-state index in [1.54, 1.807) is 0 Å². The quantitative estimate of drug-likeness (QED) is 0.673. The van der Waals surface area contributed by atoms with E-state index in [2.05, 4.69) is 65.6 Å². The molecule has 1 atom stereocenters. The van der Waals surface area contributed by atoms with Crippen molar-refractivity contribution in [2.45, 2.75) is 32.5 Å². The van der Waals surface area contributed by atoms with Crippen LogP contribution in [0, 0.1) is 0 Å². The van der Waals surface area contributed by atoms with Crippen LogP contribution in [-0.4, -0.2) is 39.4 Å². The molecule has 1 aromatic carbocycles. The number of ether oxygens (including phenoxy) is 1. The van der Waals surface area contributed by atoms with E-state index in [9.17, 15) is 0 Å². The second-order valence-electron chi connectivity index (χ2n) is 7.01. The lowest BCUT2D eigenvalue weighted by Crippen LogP contribution is -2.38. The number of morpholine rings is 1. The summed E-state index contributed by atoms with van der Waals surface area (Å²) in [6.45, 7) is 6.46. The van der Waals surface area contributed by atoms with Crippen molar-refractivity contribution in [3.05, 3.63) is 83.4 Å². The fourth-order valence-corrected chi connectivity index (χ4v) is 3.53. The number of hydrogen-bond donors (Lipinski definition) is 0. The summed E-state index contributed by atoms with van der Waals surface area (Å²) in [6, 6.07) is 16.7. The normalized spacial score (nSPS) is 17.9. The van der Waals surface area contributed by atoms with E-state index in [1.807, 2.05) is 16.9 Å². The Hall–Kier alpha value is -2.50. The molecule has 1 aliphatic rings. The zero-order valence-electron chi connectivity index (χ0n) is 15.8. The summed E-state index contributed by atoms with van der Waals surface area (Å²) in [4.78, 5) is 7.31. The Morgan fingerprint density at radius 2 is 1.96 bits per heavy atom. The van der Waals surface area contributed by atoms with Gasteiger partial charge in [-0.3, -0.25) is 14.6 Å². The van der Waals surface area contributed by atoms with Gasteiger partial charge in [-0.05, 0) is 24.6 Å². The third-order valence-corrected chi connectivity index (χ3v) is 4.95. The summed E-state index contributed by atoms with van der Waals surface area (Å²) in [5, 5.41) is 4.38. The molecule has 5 nitrogen and oxygen atoms in total. The molecule has 1 fully saturated rings. The van der Waals surface area contributed by atoms with Crippen LogP contribution in [0.3, 0.4) is 0 Å². The molecule has 3 heterocycles.